The zero-order chi connectivity index (χ0) is 33.2. The fourth-order valence-electron chi connectivity index (χ4n) is 8.09. The Hall–Kier alpha value is -5.86. The molecular weight excluding hydrogens is 593 g/mol. The van der Waals surface area contributed by atoms with Crippen LogP contribution in [-0.4, -0.2) is 4.98 Å². The molecule has 0 amide bonds. The standard InChI is InChI=1S/C47H38N2/c1-46(2,3)34-24-28-44-40(30-34)41-31-37(27-29-45(41)48-44)49(35-16-8-5-9-17-35)36-25-22-33(23-26-36)47(32-14-6-4-7-15-32)42-20-12-10-18-38(42)39-19-11-13-21-43(39)47/h4-31,48H,1-3H3. The Morgan fingerprint density at radius 1 is 0.449 bits per heavy atom. The van der Waals surface area contributed by atoms with E-state index in [1.54, 1.807) is 0 Å². The molecule has 0 atom stereocenters. The molecule has 2 nitrogen and oxygen atoms in total. The van der Waals surface area contributed by atoms with Gasteiger partial charge in [0.05, 0.1) is 5.41 Å². The molecule has 49 heavy (non-hydrogen) atoms. The van der Waals surface area contributed by atoms with E-state index in [0.29, 0.717) is 0 Å². The SMILES string of the molecule is CC(C)(C)c1ccc2[nH]c3ccc(N(c4ccccc4)c4ccc(C5(c6ccccc6)c6ccccc6-c6ccccc65)cc4)cc3c2c1. The van der Waals surface area contributed by atoms with Crippen LogP contribution in [0.2, 0.25) is 0 Å². The predicted molar refractivity (Wildman–Crippen MR) is 206 cm³/mol. The van der Waals surface area contributed by atoms with Crippen molar-refractivity contribution in [3.05, 3.63) is 198 Å². The zero-order valence-corrected chi connectivity index (χ0v) is 28.1. The Morgan fingerprint density at radius 3 is 1.57 bits per heavy atom. The second kappa shape index (κ2) is 11.1. The molecule has 1 N–H and O–H groups in total. The summed E-state index contributed by atoms with van der Waals surface area (Å²) in [7, 11) is 0. The first-order valence-electron chi connectivity index (χ1n) is 17.2. The molecule has 0 saturated carbocycles. The van der Waals surface area contributed by atoms with E-state index in [1.807, 2.05) is 0 Å². The maximum absolute atomic E-state index is 3.66. The third kappa shape index (κ3) is 4.55. The van der Waals surface area contributed by atoms with Gasteiger partial charge < -0.3 is 9.88 Å². The van der Waals surface area contributed by atoms with Gasteiger partial charge in [-0.1, -0.05) is 136 Å². The van der Waals surface area contributed by atoms with E-state index in [1.165, 1.54) is 55.2 Å². The first-order valence-corrected chi connectivity index (χ1v) is 17.2. The molecule has 8 aromatic rings. The first-order chi connectivity index (χ1) is 23.9. The molecule has 7 aromatic carbocycles. The third-order valence-corrected chi connectivity index (χ3v) is 10.4. The number of hydrogen-bond donors (Lipinski definition) is 1. The average molecular weight is 631 g/mol. The summed E-state index contributed by atoms with van der Waals surface area (Å²) >= 11 is 0. The van der Waals surface area contributed by atoms with Gasteiger partial charge >= 0.3 is 0 Å². The smallest absolute Gasteiger partial charge is 0.0713 e. The van der Waals surface area contributed by atoms with Gasteiger partial charge in [-0.15, -0.1) is 0 Å². The third-order valence-electron chi connectivity index (χ3n) is 10.4. The molecule has 0 radical (unpaired) electrons. The van der Waals surface area contributed by atoms with Gasteiger partial charge in [0.15, 0.2) is 0 Å². The molecular formula is C47H38N2. The van der Waals surface area contributed by atoms with E-state index < -0.39 is 5.41 Å². The number of nitrogens with zero attached hydrogens (tertiary/aromatic N) is 1. The summed E-state index contributed by atoms with van der Waals surface area (Å²) < 4.78 is 0. The van der Waals surface area contributed by atoms with Crippen LogP contribution in [0.15, 0.2) is 170 Å². The number of rotatable bonds is 5. The molecule has 236 valence electrons. The quantitative estimate of drug-likeness (QED) is 0.200. The molecule has 2 heteroatoms. The zero-order valence-electron chi connectivity index (χ0n) is 28.1. The van der Waals surface area contributed by atoms with Gasteiger partial charge in [-0.3, -0.25) is 0 Å². The van der Waals surface area contributed by atoms with Crippen LogP contribution in [0.5, 0.6) is 0 Å². The Balaban J connectivity index is 1.23. The predicted octanol–water partition coefficient (Wildman–Crippen LogP) is 12.5. The summed E-state index contributed by atoms with van der Waals surface area (Å²) in [5.74, 6) is 0. The highest BCUT2D eigenvalue weighted by Crippen LogP contribution is 2.56. The summed E-state index contributed by atoms with van der Waals surface area (Å²) in [6.45, 7) is 6.83. The summed E-state index contributed by atoms with van der Waals surface area (Å²) in [4.78, 5) is 6.03. The second-order valence-corrected chi connectivity index (χ2v) is 14.3. The normalized spacial score (nSPS) is 13.4. The minimum atomic E-state index is -0.418. The van der Waals surface area contributed by atoms with E-state index in [-0.39, 0.29) is 5.41 Å². The summed E-state index contributed by atoms with van der Waals surface area (Å²) in [5.41, 5.74) is 14.5. The highest BCUT2D eigenvalue weighted by Gasteiger charge is 2.45. The minimum Gasteiger partial charge on any atom is -0.355 e. The van der Waals surface area contributed by atoms with Gasteiger partial charge in [-0.2, -0.15) is 0 Å². The molecule has 0 saturated heterocycles. The van der Waals surface area contributed by atoms with Gasteiger partial charge in [-0.25, -0.2) is 0 Å². The maximum atomic E-state index is 3.66. The molecule has 1 aliphatic rings. The summed E-state index contributed by atoms with van der Waals surface area (Å²) in [5, 5.41) is 2.49. The van der Waals surface area contributed by atoms with Gasteiger partial charge in [0.2, 0.25) is 0 Å². The molecule has 0 aliphatic heterocycles. The Bertz CT molecular complexity index is 2420. The number of H-pyrrole nitrogens is 1. The van der Waals surface area contributed by atoms with Crippen LogP contribution in [-0.2, 0) is 10.8 Å². The molecule has 0 spiro atoms. The van der Waals surface area contributed by atoms with Gasteiger partial charge in [0.25, 0.3) is 0 Å². The Labute approximate surface area is 288 Å². The lowest BCUT2D eigenvalue weighted by atomic mass is 9.68. The van der Waals surface area contributed by atoms with Crippen molar-refractivity contribution < 1.29 is 0 Å². The van der Waals surface area contributed by atoms with E-state index in [4.69, 9.17) is 0 Å². The van der Waals surface area contributed by atoms with Crippen LogP contribution >= 0.6 is 0 Å². The van der Waals surface area contributed by atoms with E-state index in [2.05, 4.69) is 201 Å². The van der Waals surface area contributed by atoms with Crippen molar-refractivity contribution in [2.24, 2.45) is 0 Å². The number of benzene rings is 7. The lowest BCUT2D eigenvalue weighted by Crippen LogP contribution is -2.28. The fourth-order valence-corrected chi connectivity index (χ4v) is 8.09. The van der Waals surface area contributed by atoms with Crippen LogP contribution in [0, 0.1) is 0 Å². The number of aromatic nitrogens is 1. The van der Waals surface area contributed by atoms with E-state index in [9.17, 15) is 0 Å². The van der Waals surface area contributed by atoms with Crippen LogP contribution in [0.3, 0.4) is 0 Å². The molecule has 1 heterocycles. The molecule has 1 aliphatic carbocycles. The molecule has 1 aromatic heterocycles. The monoisotopic (exact) mass is 630 g/mol. The van der Waals surface area contributed by atoms with Crippen molar-refractivity contribution in [1.82, 2.24) is 4.98 Å². The van der Waals surface area contributed by atoms with Crippen molar-refractivity contribution in [3.63, 3.8) is 0 Å². The van der Waals surface area contributed by atoms with Gasteiger partial charge in [0.1, 0.15) is 0 Å². The highest BCUT2D eigenvalue weighted by atomic mass is 15.1. The summed E-state index contributed by atoms with van der Waals surface area (Å²) in [6, 6.07) is 62.5. The number of hydrogen-bond acceptors (Lipinski definition) is 1. The molecule has 9 rings (SSSR count). The van der Waals surface area contributed by atoms with Crippen LogP contribution < -0.4 is 4.90 Å². The Kier molecular flexibility index (Phi) is 6.64. The highest BCUT2D eigenvalue weighted by molar-refractivity contribution is 6.09. The number of aromatic amines is 1. The lowest BCUT2D eigenvalue weighted by Gasteiger charge is -2.34. The minimum absolute atomic E-state index is 0.0741. The molecule has 0 unspecified atom stereocenters. The first kappa shape index (κ1) is 29.3. The number of nitrogens with one attached hydrogen (secondary N) is 1. The summed E-state index contributed by atoms with van der Waals surface area (Å²) in [6.07, 6.45) is 0. The van der Waals surface area contributed by atoms with Gasteiger partial charge in [-0.05, 0) is 99.0 Å². The fraction of sp³-hybridized carbons (Fsp3) is 0.106. The average Bonchev–Trinajstić information content (AvgIpc) is 3.66. The van der Waals surface area contributed by atoms with Crippen LogP contribution in [0.4, 0.5) is 17.1 Å². The van der Waals surface area contributed by atoms with E-state index in [0.717, 1.165) is 22.6 Å². The topological polar surface area (TPSA) is 19.0 Å². The number of para-hydroxylation sites is 1. The van der Waals surface area contributed by atoms with Crippen LogP contribution in [0.1, 0.15) is 48.6 Å². The van der Waals surface area contributed by atoms with Gasteiger partial charge in [0, 0.05) is 38.9 Å². The Morgan fingerprint density at radius 2 is 0.939 bits per heavy atom. The lowest BCUT2D eigenvalue weighted by molar-refractivity contribution is 0.591. The molecule has 0 fully saturated rings. The van der Waals surface area contributed by atoms with Crippen LogP contribution in [0.25, 0.3) is 32.9 Å². The van der Waals surface area contributed by atoms with Crippen molar-refractivity contribution >= 4 is 38.9 Å². The molecule has 0 bridgehead atoms. The number of fused-ring (bicyclic) bond motifs is 6. The van der Waals surface area contributed by atoms with E-state index >= 15 is 0 Å². The second-order valence-electron chi connectivity index (χ2n) is 14.3. The van der Waals surface area contributed by atoms with Crippen molar-refractivity contribution in [2.75, 3.05) is 4.90 Å². The maximum Gasteiger partial charge on any atom is 0.0713 e. The van der Waals surface area contributed by atoms with Crippen molar-refractivity contribution in [1.29, 1.82) is 0 Å². The van der Waals surface area contributed by atoms with Crippen molar-refractivity contribution in [3.8, 4) is 11.1 Å². The number of anilines is 3. The largest absolute Gasteiger partial charge is 0.355 e. The van der Waals surface area contributed by atoms with Crippen molar-refractivity contribution in [2.45, 2.75) is 31.6 Å².